The first-order valence-corrected chi connectivity index (χ1v) is 13.8. The quantitative estimate of drug-likeness (QED) is 0.328. The van der Waals surface area contributed by atoms with E-state index >= 15 is 0 Å². The fourth-order valence-electron chi connectivity index (χ4n) is 3.41. The SMILES string of the molecule is O=S(=O)(c1c(F)c(Br)cc(F)c1Br)N1CCN(c2nc(Cc3ccc(Cl)c(F)c3)cs2)CC1. The maximum Gasteiger partial charge on any atom is 0.247 e. The van der Waals surface area contributed by atoms with Crippen LogP contribution in [-0.2, 0) is 16.4 Å². The summed E-state index contributed by atoms with van der Waals surface area (Å²) >= 11 is 12.8. The third kappa shape index (κ3) is 5.10. The van der Waals surface area contributed by atoms with E-state index in [1.54, 1.807) is 6.07 Å². The Morgan fingerprint density at radius 1 is 1.06 bits per heavy atom. The number of piperazine rings is 1. The molecular formula is C20H15Br2ClF3N3O2S2. The molecule has 0 spiro atoms. The van der Waals surface area contributed by atoms with Gasteiger partial charge in [-0.2, -0.15) is 4.31 Å². The van der Waals surface area contributed by atoms with Gasteiger partial charge in [0.2, 0.25) is 10.0 Å². The first kappa shape index (κ1) is 24.9. The summed E-state index contributed by atoms with van der Waals surface area (Å²) in [6, 6.07) is 5.47. The average molecular weight is 646 g/mol. The molecule has 2 aromatic carbocycles. The molecule has 3 aromatic rings. The lowest BCUT2D eigenvalue weighted by Crippen LogP contribution is -2.49. The van der Waals surface area contributed by atoms with E-state index in [2.05, 4.69) is 36.8 Å². The van der Waals surface area contributed by atoms with Crippen molar-refractivity contribution in [2.24, 2.45) is 0 Å². The largest absolute Gasteiger partial charge is 0.345 e. The molecule has 0 amide bonds. The van der Waals surface area contributed by atoms with Crippen molar-refractivity contribution in [3.8, 4) is 0 Å². The van der Waals surface area contributed by atoms with Gasteiger partial charge >= 0.3 is 0 Å². The summed E-state index contributed by atoms with van der Waals surface area (Å²) < 4.78 is 68.8. The van der Waals surface area contributed by atoms with E-state index in [1.807, 2.05) is 10.3 Å². The summed E-state index contributed by atoms with van der Waals surface area (Å²) in [6.07, 6.45) is 0.431. The van der Waals surface area contributed by atoms with Crippen LogP contribution in [0.25, 0.3) is 0 Å². The van der Waals surface area contributed by atoms with Crippen molar-refractivity contribution < 1.29 is 21.6 Å². The van der Waals surface area contributed by atoms with Crippen molar-refractivity contribution in [1.82, 2.24) is 9.29 Å². The molecule has 0 radical (unpaired) electrons. The molecule has 1 aromatic heterocycles. The second-order valence-electron chi connectivity index (χ2n) is 7.24. The number of nitrogens with zero attached hydrogens (tertiary/aromatic N) is 3. The van der Waals surface area contributed by atoms with E-state index in [1.165, 1.54) is 23.5 Å². The molecule has 0 unspecified atom stereocenters. The van der Waals surface area contributed by atoms with Crippen LogP contribution in [0.4, 0.5) is 18.3 Å². The number of benzene rings is 2. The Labute approximate surface area is 214 Å². The molecule has 176 valence electrons. The summed E-state index contributed by atoms with van der Waals surface area (Å²) in [4.78, 5) is 5.77. The molecule has 2 heterocycles. The van der Waals surface area contributed by atoms with Crippen LogP contribution in [-0.4, -0.2) is 43.9 Å². The van der Waals surface area contributed by atoms with Crippen molar-refractivity contribution in [3.05, 3.63) is 72.3 Å². The van der Waals surface area contributed by atoms with E-state index in [0.29, 0.717) is 24.6 Å². The average Bonchev–Trinajstić information content (AvgIpc) is 3.23. The topological polar surface area (TPSA) is 53.5 Å². The predicted octanol–water partition coefficient (Wildman–Crippen LogP) is 5.84. The molecule has 13 heteroatoms. The molecule has 1 fully saturated rings. The molecule has 0 N–H and O–H groups in total. The van der Waals surface area contributed by atoms with Crippen molar-refractivity contribution in [3.63, 3.8) is 0 Å². The zero-order valence-corrected chi connectivity index (χ0v) is 22.2. The molecule has 1 aliphatic heterocycles. The monoisotopic (exact) mass is 643 g/mol. The lowest BCUT2D eigenvalue weighted by molar-refractivity contribution is 0.381. The Morgan fingerprint density at radius 3 is 2.42 bits per heavy atom. The van der Waals surface area contributed by atoms with E-state index in [-0.39, 0.29) is 22.6 Å². The van der Waals surface area contributed by atoms with Gasteiger partial charge in [0.15, 0.2) is 10.9 Å². The Morgan fingerprint density at radius 2 is 1.76 bits per heavy atom. The number of rotatable bonds is 5. The number of hydrogen-bond donors (Lipinski definition) is 0. The summed E-state index contributed by atoms with van der Waals surface area (Å²) in [5.41, 5.74) is 1.49. The maximum absolute atomic E-state index is 14.6. The number of hydrogen-bond acceptors (Lipinski definition) is 5. The zero-order chi connectivity index (χ0) is 23.9. The second kappa shape index (κ2) is 9.82. The highest BCUT2D eigenvalue weighted by molar-refractivity contribution is 9.11. The molecule has 1 saturated heterocycles. The van der Waals surface area contributed by atoms with E-state index < -0.39 is 36.8 Å². The first-order valence-electron chi connectivity index (χ1n) is 9.54. The lowest BCUT2D eigenvalue weighted by atomic mass is 10.1. The van der Waals surface area contributed by atoms with Gasteiger partial charge in [-0.15, -0.1) is 11.3 Å². The number of aromatic nitrogens is 1. The molecule has 1 aliphatic rings. The summed E-state index contributed by atoms with van der Waals surface area (Å²) in [5.74, 6) is -2.42. The van der Waals surface area contributed by atoms with Crippen molar-refractivity contribution in [2.75, 3.05) is 31.1 Å². The van der Waals surface area contributed by atoms with Crippen LogP contribution in [0, 0.1) is 17.5 Å². The molecule has 0 aliphatic carbocycles. The van der Waals surface area contributed by atoms with Crippen molar-refractivity contribution >= 4 is 70.0 Å². The molecule has 0 atom stereocenters. The molecule has 5 nitrogen and oxygen atoms in total. The van der Waals surface area contributed by atoms with Crippen LogP contribution in [0.15, 0.2) is 43.5 Å². The van der Waals surface area contributed by atoms with Crippen LogP contribution in [0.3, 0.4) is 0 Å². The maximum atomic E-state index is 14.6. The van der Waals surface area contributed by atoms with Crippen LogP contribution >= 0.6 is 54.8 Å². The Bertz CT molecular complexity index is 1290. The highest BCUT2D eigenvalue weighted by Gasteiger charge is 2.35. The van der Waals surface area contributed by atoms with Gasteiger partial charge < -0.3 is 4.90 Å². The Balaban J connectivity index is 1.46. The minimum atomic E-state index is -4.27. The fourth-order valence-corrected chi connectivity index (χ4v) is 7.40. The Hall–Kier alpha value is -1.18. The highest BCUT2D eigenvalue weighted by atomic mass is 79.9. The van der Waals surface area contributed by atoms with Crippen LogP contribution in [0.2, 0.25) is 5.02 Å². The third-order valence-corrected chi connectivity index (χ3v) is 9.90. The number of anilines is 1. The fraction of sp³-hybridized carbons (Fsp3) is 0.250. The summed E-state index contributed by atoms with van der Waals surface area (Å²) in [6.45, 7) is 0.828. The molecular weight excluding hydrogens is 631 g/mol. The molecule has 0 saturated carbocycles. The Kier molecular flexibility index (Phi) is 7.42. The molecule has 0 bridgehead atoms. The van der Waals surface area contributed by atoms with E-state index in [4.69, 9.17) is 11.6 Å². The van der Waals surface area contributed by atoms with Crippen LogP contribution in [0.5, 0.6) is 0 Å². The van der Waals surface area contributed by atoms with Gasteiger partial charge in [0.25, 0.3) is 0 Å². The number of thiazole rings is 1. The van der Waals surface area contributed by atoms with Gasteiger partial charge in [-0.05, 0) is 55.6 Å². The lowest BCUT2D eigenvalue weighted by Gasteiger charge is -2.34. The van der Waals surface area contributed by atoms with Crippen LogP contribution < -0.4 is 4.90 Å². The predicted molar refractivity (Wildman–Crippen MR) is 129 cm³/mol. The van der Waals surface area contributed by atoms with Crippen LogP contribution in [0.1, 0.15) is 11.3 Å². The smallest absolute Gasteiger partial charge is 0.247 e. The highest BCUT2D eigenvalue weighted by Crippen LogP contribution is 2.35. The number of halogens is 6. The van der Waals surface area contributed by atoms with Gasteiger partial charge in [-0.25, -0.2) is 26.6 Å². The summed E-state index contributed by atoms with van der Waals surface area (Å²) in [7, 11) is -4.27. The van der Waals surface area contributed by atoms with Crippen molar-refractivity contribution in [1.29, 1.82) is 0 Å². The summed E-state index contributed by atoms with van der Waals surface area (Å²) in [5, 5.41) is 2.63. The van der Waals surface area contributed by atoms with Gasteiger partial charge in [0.1, 0.15) is 16.5 Å². The van der Waals surface area contributed by atoms with Crippen molar-refractivity contribution in [2.45, 2.75) is 11.3 Å². The normalized spacial score (nSPS) is 15.3. The second-order valence-corrected chi connectivity index (χ2v) is 12.0. The zero-order valence-electron chi connectivity index (χ0n) is 16.7. The van der Waals surface area contributed by atoms with Gasteiger partial charge in [0.05, 0.1) is 19.7 Å². The van der Waals surface area contributed by atoms with Gasteiger partial charge in [-0.1, -0.05) is 17.7 Å². The van der Waals surface area contributed by atoms with E-state index in [9.17, 15) is 21.6 Å². The van der Waals surface area contributed by atoms with E-state index in [0.717, 1.165) is 21.6 Å². The minimum Gasteiger partial charge on any atom is -0.345 e. The molecule has 33 heavy (non-hydrogen) atoms. The standard InChI is InChI=1S/C20H15Br2ClF3N3O2S2/c21-13-9-16(25)17(22)19(18(13)26)33(30,31)29-5-3-28(4-6-29)20-27-12(10-32-20)7-11-1-2-14(23)15(24)8-11/h1-2,8-10H,3-7H2. The molecule has 4 rings (SSSR count). The van der Waals surface area contributed by atoms with Gasteiger partial charge in [0, 0.05) is 38.0 Å². The van der Waals surface area contributed by atoms with Gasteiger partial charge in [-0.3, -0.25) is 0 Å². The minimum absolute atomic E-state index is 0.0584. The number of sulfonamides is 1. The first-order chi connectivity index (χ1) is 15.6. The third-order valence-electron chi connectivity index (χ3n) is 5.09.